The predicted octanol–water partition coefficient (Wildman–Crippen LogP) is 8.05. The Labute approximate surface area is 180 Å². The zero-order valence-corrected chi connectivity index (χ0v) is 19.2. The molecule has 0 radical (unpaired) electrons. The zero-order chi connectivity index (χ0) is 19.7. The van der Waals surface area contributed by atoms with Crippen LogP contribution in [-0.4, -0.2) is 10.7 Å². The van der Waals surface area contributed by atoms with Gasteiger partial charge in [0.15, 0.2) is 0 Å². The van der Waals surface area contributed by atoms with Crippen LogP contribution in [0.15, 0.2) is 0 Å². The monoisotopic (exact) mass is 400 g/mol. The summed E-state index contributed by atoms with van der Waals surface area (Å²) in [7, 11) is 0. The Morgan fingerprint density at radius 2 is 1.10 bits per heavy atom. The first-order valence-electron chi connectivity index (χ1n) is 13.9. The Hall–Kier alpha value is -0.0400. The van der Waals surface area contributed by atoms with E-state index in [0.717, 1.165) is 11.8 Å². The van der Waals surface area contributed by atoms with Gasteiger partial charge in [-0.1, -0.05) is 70.6 Å². The molecule has 1 heteroatoms. The SMILES string of the molecule is O[C@](C1CCCCC1)(C1CCC2(CCCCC2)CC1)[C@@H]1CCC[C@H]2CCCC[C@@H]21. The summed E-state index contributed by atoms with van der Waals surface area (Å²) in [5.41, 5.74) is 0.361. The van der Waals surface area contributed by atoms with Gasteiger partial charge in [0.1, 0.15) is 0 Å². The Morgan fingerprint density at radius 3 is 1.86 bits per heavy atom. The second-order valence-corrected chi connectivity index (χ2v) is 12.3. The third-order valence-electron chi connectivity index (χ3n) is 11.0. The summed E-state index contributed by atoms with van der Waals surface area (Å²) >= 11 is 0. The highest BCUT2D eigenvalue weighted by molar-refractivity contribution is 5.05. The predicted molar refractivity (Wildman–Crippen MR) is 122 cm³/mol. The van der Waals surface area contributed by atoms with E-state index < -0.39 is 0 Å². The molecule has 1 spiro atoms. The van der Waals surface area contributed by atoms with Crippen molar-refractivity contribution in [3.63, 3.8) is 0 Å². The fraction of sp³-hybridized carbons (Fsp3) is 1.00. The van der Waals surface area contributed by atoms with Gasteiger partial charge in [-0.15, -0.1) is 0 Å². The van der Waals surface area contributed by atoms with Gasteiger partial charge in [-0.2, -0.15) is 0 Å². The van der Waals surface area contributed by atoms with Gasteiger partial charge in [-0.3, -0.25) is 0 Å². The summed E-state index contributed by atoms with van der Waals surface area (Å²) in [6.45, 7) is 0. The molecule has 0 aromatic heterocycles. The standard InChI is InChI=1S/C28H48O/c29-28(23-12-3-1-4-13-23,26-15-9-11-22-10-5-6-14-25(22)26)24-16-20-27(21-17-24)18-7-2-8-19-27/h22-26,29H,1-21H2/t22-,25+,26-,28-/m1/s1. The van der Waals surface area contributed by atoms with Gasteiger partial charge in [-0.25, -0.2) is 0 Å². The molecule has 0 heterocycles. The molecule has 0 unspecified atom stereocenters. The summed E-state index contributed by atoms with van der Waals surface area (Å²) in [5, 5.41) is 12.8. The van der Waals surface area contributed by atoms with Gasteiger partial charge >= 0.3 is 0 Å². The van der Waals surface area contributed by atoms with Crippen LogP contribution in [0.2, 0.25) is 0 Å². The van der Waals surface area contributed by atoms with Crippen molar-refractivity contribution in [2.75, 3.05) is 0 Å². The van der Waals surface area contributed by atoms with E-state index in [0.29, 0.717) is 23.2 Å². The number of aliphatic hydroxyl groups is 1. The maximum absolute atomic E-state index is 12.8. The van der Waals surface area contributed by atoms with Crippen LogP contribution in [0.1, 0.15) is 135 Å². The van der Waals surface area contributed by atoms with Crippen LogP contribution in [0.3, 0.4) is 0 Å². The van der Waals surface area contributed by atoms with Crippen LogP contribution >= 0.6 is 0 Å². The first-order valence-corrected chi connectivity index (χ1v) is 13.9. The van der Waals surface area contributed by atoms with Crippen molar-refractivity contribution in [1.82, 2.24) is 0 Å². The molecular weight excluding hydrogens is 352 g/mol. The fourth-order valence-corrected chi connectivity index (χ4v) is 9.51. The molecule has 0 aromatic carbocycles. The minimum absolute atomic E-state index is 0.322. The fourth-order valence-electron chi connectivity index (χ4n) is 9.51. The number of hydrogen-bond donors (Lipinski definition) is 1. The quantitative estimate of drug-likeness (QED) is 0.508. The van der Waals surface area contributed by atoms with Crippen LogP contribution in [0.4, 0.5) is 0 Å². The lowest BCUT2D eigenvalue weighted by Gasteiger charge is -2.57. The average Bonchev–Trinajstić information content (AvgIpc) is 2.80. The first kappa shape index (κ1) is 20.8. The molecule has 5 fully saturated rings. The Bertz CT molecular complexity index is 516. The van der Waals surface area contributed by atoms with E-state index in [-0.39, 0.29) is 5.60 Å². The molecule has 0 aliphatic heterocycles. The van der Waals surface area contributed by atoms with Gasteiger partial charge < -0.3 is 5.11 Å². The van der Waals surface area contributed by atoms with Crippen molar-refractivity contribution < 1.29 is 5.11 Å². The molecule has 1 N–H and O–H groups in total. The molecule has 5 rings (SSSR count). The lowest BCUT2D eigenvalue weighted by atomic mass is 9.51. The normalized spacial score (nSPS) is 39.0. The molecule has 5 saturated carbocycles. The lowest BCUT2D eigenvalue weighted by molar-refractivity contribution is -0.173. The van der Waals surface area contributed by atoms with E-state index in [1.54, 1.807) is 0 Å². The van der Waals surface area contributed by atoms with E-state index in [2.05, 4.69) is 0 Å². The zero-order valence-electron chi connectivity index (χ0n) is 19.2. The summed E-state index contributed by atoms with van der Waals surface area (Å²) in [6, 6.07) is 0. The summed E-state index contributed by atoms with van der Waals surface area (Å²) in [6.07, 6.45) is 29.8. The van der Waals surface area contributed by atoms with Gasteiger partial charge in [0.25, 0.3) is 0 Å². The summed E-state index contributed by atoms with van der Waals surface area (Å²) < 4.78 is 0. The van der Waals surface area contributed by atoms with E-state index in [1.165, 1.54) is 135 Å². The minimum atomic E-state index is -0.322. The minimum Gasteiger partial charge on any atom is -0.389 e. The Kier molecular flexibility index (Phi) is 6.35. The highest BCUT2D eigenvalue weighted by Gasteiger charge is 2.55. The van der Waals surface area contributed by atoms with Crippen LogP contribution in [-0.2, 0) is 0 Å². The van der Waals surface area contributed by atoms with Crippen molar-refractivity contribution in [2.24, 2.45) is 35.0 Å². The van der Waals surface area contributed by atoms with Crippen LogP contribution in [0, 0.1) is 35.0 Å². The molecule has 0 aromatic rings. The van der Waals surface area contributed by atoms with E-state index in [4.69, 9.17) is 0 Å². The number of rotatable bonds is 3. The molecule has 0 saturated heterocycles. The van der Waals surface area contributed by atoms with Gasteiger partial charge in [0, 0.05) is 0 Å². The third-order valence-corrected chi connectivity index (χ3v) is 11.0. The molecule has 29 heavy (non-hydrogen) atoms. The maximum Gasteiger partial charge on any atom is 0.0734 e. The van der Waals surface area contributed by atoms with Crippen LogP contribution in [0.25, 0.3) is 0 Å². The Morgan fingerprint density at radius 1 is 0.517 bits per heavy atom. The second-order valence-electron chi connectivity index (χ2n) is 12.3. The number of fused-ring (bicyclic) bond motifs is 1. The van der Waals surface area contributed by atoms with Crippen molar-refractivity contribution in [3.8, 4) is 0 Å². The molecule has 0 amide bonds. The van der Waals surface area contributed by atoms with Crippen molar-refractivity contribution >= 4 is 0 Å². The summed E-state index contributed by atoms with van der Waals surface area (Å²) in [4.78, 5) is 0. The highest BCUT2D eigenvalue weighted by Crippen LogP contribution is 2.58. The van der Waals surface area contributed by atoms with Crippen molar-refractivity contribution in [3.05, 3.63) is 0 Å². The topological polar surface area (TPSA) is 20.2 Å². The molecule has 1 nitrogen and oxygen atoms in total. The van der Waals surface area contributed by atoms with Crippen LogP contribution in [0.5, 0.6) is 0 Å². The second kappa shape index (κ2) is 8.84. The van der Waals surface area contributed by atoms with Crippen LogP contribution < -0.4 is 0 Å². The molecule has 4 atom stereocenters. The van der Waals surface area contributed by atoms with E-state index in [9.17, 15) is 5.11 Å². The molecule has 166 valence electrons. The van der Waals surface area contributed by atoms with Gasteiger partial charge in [0.2, 0.25) is 0 Å². The maximum atomic E-state index is 12.8. The molecule has 5 aliphatic rings. The first-order chi connectivity index (χ1) is 14.2. The Balaban J connectivity index is 1.38. The number of hydrogen-bond acceptors (Lipinski definition) is 1. The molecule has 5 aliphatic carbocycles. The molecule has 0 bridgehead atoms. The largest absolute Gasteiger partial charge is 0.389 e. The third kappa shape index (κ3) is 3.96. The lowest BCUT2D eigenvalue weighted by Crippen LogP contribution is -2.57. The average molecular weight is 401 g/mol. The van der Waals surface area contributed by atoms with Gasteiger partial charge in [0.05, 0.1) is 5.60 Å². The van der Waals surface area contributed by atoms with Crippen molar-refractivity contribution in [1.29, 1.82) is 0 Å². The summed E-state index contributed by atoms with van der Waals surface area (Å²) in [5.74, 6) is 3.67. The highest BCUT2D eigenvalue weighted by atomic mass is 16.3. The van der Waals surface area contributed by atoms with Crippen molar-refractivity contribution in [2.45, 2.75) is 140 Å². The molecular formula is C28H48O. The van der Waals surface area contributed by atoms with E-state index in [1.807, 2.05) is 0 Å². The smallest absolute Gasteiger partial charge is 0.0734 e. The van der Waals surface area contributed by atoms with E-state index >= 15 is 0 Å². The van der Waals surface area contributed by atoms with Gasteiger partial charge in [-0.05, 0) is 99.2 Å².